The first-order valence-corrected chi connectivity index (χ1v) is 7.63. The Balaban J connectivity index is 1.66. The molecule has 0 bridgehead atoms. The van der Waals surface area contributed by atoms with Crippen LogP contribution in [0.4, 0.5) is 5.13 Å². The van der Waals surface area contributed by atoms with Crippen molar-refractivity contribution in [3.63, 3.8) is 0 Å². The quantitative estimate of drug-likeness (QED) is 0.823. The predicted molar refractivity (Wildman–Crippen MR) is 85.0 cm³/mol. The Morgan fingerprint density at radius 1 is 1.33 bits per heavy atom. The van der Waals surface area contributed by atoms with Crippen LogP contribution >= 0.6 is 11.3 Å². The van der Waals surface area contributed by atoms with Gasteiger partial charge >= 0.3 is 0 Å². The van der Waals surface area contributed by atoms with Crippen LogP contribution in [0.1, 0.15) is 11.3 Å². The Morgan fingerprint density at radius 3 is 2.76 bits per heavy atom. The van der Waals surface area contributed by atoms with E-state index in [4.69, 9.17) is 4.74 Å². The van der Waals surface area contributed by atoms with Crippen molar-refractivity contribution in [2.75, 3.05) is 25.5 Å². The summed E-state index contributed by atoms with van der Waals surface area (Å²) in [6.07, 6.45) is 0.717. The van der Waals surface area contributed by atoms with Crippen LogP contribution in [-0.4, -0.2) is 31.1 Å². The number of aromatic nitrogens is 1. The summed E-state index contributed by atoms with van der Waals surface area (Å²) >= 11 is 1.56. The largest absolute Gasteiger partial charge is 0.484 e. The molecule has 0 atom stereocenters. The van der Waals surface area contributed by atoms with Gasteiger partial charge in [-0.05, 0) is 19.1 Å². The van der Waals surface area contributed by atoms with E-state index in [0.29, 0.717) is 18.7 Å². The SMILES string of the molecule is CNc1nc(CCNC(=O)COc2ccc(C)cc2)cs1. The number of nitrogens with one attached hydrogen (secondary N) is 2. The minimum absolute atomic E-state index is 0.0297. The number of hydrogen-bond acceptors (Lipinski definition) is 5. The Bertz CT molecular complexity index is 581. The summed E-state index contributed by atoms with van der Waals surface area (Å²) in [4.78, 5) is 16.0. The summed E-state index contributed by atoms with van der Waals surface area (Å²) in [6, 6.07) is 7.62. The fraction of sp³-hybridized carbons (Fsp3) is 0.333. The highest BCUT2D eigenvalue weighted by atomic mass is 32.1. The molecule has 2 N–H and O–H groups in total. The highest BCUT2D eigenvalue weighted by molar-refractivity contribution is 7.13. The van der Waals surface area contributed by atoms with Crippen molar-refractivity contribution in [3.8, 4) is 5.75 Å². The molecule has 0 radical (unpaired) electrons. The van der Waals surface area contributed by atoms with Gasteiger partial charge in [0, 0.05) is 25.4 Å². The molecule has 112 valence electrons. The zero-order valence-corrected chi connectivity index (χ0v) is 13.0. The average Bonchev–Trinajstić information content (AvgIpc) is 2.95. The van der Waals surface area contributed by atoms with Crippen LogP contribution in [0.15, 0.2) is 29.6 Å². The number of rotatable bonds is 7. The number of aryl methyl sites for hydroxylation is 1. The second-order valence-electron chi connectivity index (χ2n) is 4.60. The van der Waals surface area contributed by atoms with Crippen molar-refractivity contribution >= 4 is 22.4 Å². The molecule has 0 aliphatic rings. The molecule has 2 rings (SSSR count). The van der Waals surface area contributed by atoms with E-state index in [1.54, 1.807) is 11.3 Å². The number of carbonyl (C=O) groups excluding carboxylic acids is 1. The lowest BCUT2D eigenvalue weighted by Crippen LogP contribution is -2.30. The topological polar surface area (TPSA) is 63.2 Å². The first-order valence-electron chi connectivity index (χ1n) is 6.75. The van der Waals surface area contributed by atoms with E-state index >= 15 is 0 Å². The zero-order valence-electron chi connectivity index (χ0n) is 12.2. The first kappa shape index (κ1) is 15.3. The molecular weight excluding hydrogens is 286 g/mol. The molecule has 6 heteroatoms. The van der Waals surface area contributed by atoms with Crippen LogP contribution in [0.2, 0.25) is 0 Å². The lowest BCUT2D eigenvalue weighted by Gasteiger charge is -2.07. The number of nitrogens with zero attached hydrogens (tertiary/aromatic N) is 1. The summed E-state index contributed by atoms with van der Waals surface area (Å²) in [6.45, 7) is 2.60. The molecule has 0 saturated carbocycles. The lowest BCUT2D eigenvalue weighted by atomic mass is 10.2. The Kier molecular flexibility index (Phi) is 5.57. The number of amides is 1. The van der Waals surface area contributed by atoms with Crippen molar-refractivity contribution in [2.45, 2.75) is 13.3 Å². The zero-order chi connectivity index (χ0) is 15.1. The maximum Gasteiger partial charge on any atom is 0.257 e. The molecule has 0 aliphatic heterocycles. The van der Waals surface area contributed by atoms with Crippen LogP contribution in [0.25, 0.3) is 0 Å². The Hall–Kier alpha value is -2.08. The number of thiazole rings is 1. The number of ether oxygens (including phenoxy) is 1. The van der Waals surface area contributed by atoms with Gasteiger partial charge in [0.25, 0.3) is 5.91 Å². The molecule has 21 heavy (non-hydrogen) atoms. The van der Waals surface area contributed by atoms with Gasteiger partial charge in [0.1, 0.15) is 5.75 Å². The third-order valence-corrected chi connectivity index (χ3v) is 3.77. The molecule has 0 aliphatic carbocycles. The summed E-state index contributed by atoms with van der Waals surface area (Å²) in [5.41, 5.74) is 2.14. The predicted octanol–water partition coefficient (Wildman–Crippen LogP) is 2.23. The molecule has 2 aromatic rings. The molecule has 0 fully saturated rings. The van der Waals surface area contributed by atoms with Gasteiger partial charge in [-0.2, -0.15) is 0 Å². The molecule has 1 aromatic carbocycles. The molecule has 5 nitrogen and oxygen atoms in total. The Labute approximate surface area is 128 Å². The standard InChI is InChI=1S/C15H19N3O2S/c1-11-3-5-13(6-4-11)20-9-14(19)17-8-7-12-10-21-15(16-2)18-12/h3-6,10H,7-9H2,1-2H3,(H,16,18)(H,17,19). The van der Waals surface area contributed by atoms with Crippen molar-refractivity contribution in [1.82, 2.24) is 10.3 Å². The second kappa shape index (κ2) is 7.64. The third kappa shape index (κ3) is 5.07. The fourth-order valence-electron chi connectivity index (χ4n) is 1.70. The first-order chi connectivity index (χ1) is 10.2. The maximum absolute atomic E-state index is 11.7. The van der Waals surface area contributed by atoms with Crippen molar-refractivity contribution in [1.29, 1.82) is 0 Å². The van der Waals surface area contributed by atoms with E-state index in [-0.39, 0.29) is 12.5 Å². The van der Waals surface area contributed by atoms with Gasteiger partial charge in [0.2, 0.25) is 0 Å². The van der Waals surface area contributed by atoms with Gasteiger partial charge in [0.05, 0.1) is 5.69 Å². The monoisotopic (exact) mass is 305 g/mol. The van der Waals surface area contributed by atoms with Crippen LogP contribution in [0, 0.1) is 6.92 Å². The van der Waals surface area contributed by atoms with Gasteiger partial charge in [-0.25, -0.2) is 4.98 Å². The number of hydrogen-bond donors (Lipinski definition) is 2. The smallest absolute Gasteiger partial charge is 0.257 e. The molecule has 0 unspecified atom stereocenters. The molecule has 1 amide bonds. The van der Waals surface area contributed by atoms with Crippen LogP contribution in [0.5, 0.6) is 5.75 Å². The minimum atomic E-state index is -0.125. The average molecular weight is 305 g/mol. The molecule has 1 heterocycles. The van der Waals surface area contributed by atoms with Gasteiger partial charge in [0.15, 0.2) is 11.7 Å². The second-order valence-corrected chi connectivity index (χ2v) is 5.45. The number of benzene rings is 1. The molecule has 0 saturated heterocycles. The van der Waals surface area contributed by atoms with Gasteiger partial charge in [-0.1, -0.05) is 17.7 Å². The minimum Gasteiger partial charge on any atom is -0.484 e. The van der Waals surface area contributed by atoms with Crippen molar-refractivity contribution in [3.05, 3.63) is 40.9 Å². The Morgan fingerprint density at radius 2 is 2.10 bits per heavy atom. The molecular formula is C15H19N3O2S. The van der Waals surface area contributed by atoms with Crippen LogP contribution in [-0.2, 0) is 11.2 Å². The normalized spacial score (nSPS) is 10.2. The highest BCUT2D eigenvalue weighted by Gasteiger charge is 2.04. The lowest BCUT2D eigenvalue weighted by molar-refractivity contribution is -0.123. The number of carbonyl (C=O) groups is 1. The van der Waals surface area contributed by atoms with Crippen LogP contribution in [0.3, 0.4) is 0 Å². The maximum atomic E-state index is 11.7. The number of anilines is 1. The van der Waals surface area contributed by atoms with Gasteiger partial charge in [-0.15, -0.1) is 11.3 Å². The van der Waals surface area contributed by atoms with Crippen molar-refractivity contribution < 1.29 is 9.53 Å². The van der Waals surface area contributed by atoms with Crippen LogP contribution < -0.4 is 15.4 Å². The molecule has 1 aromatic heterocycles. The van der Waals surface area contributed by atoms with E-state index in [0.717, 1.165) is 16.4 Å². The fourth-order valence-corrected chi connectivity index (χ4v) is 2.41. The summed E-state index contributed by atoms with van der Waals surface area (Å²) in [5.74, 6) is 0.577. The van der Waals surface area contributed by atoms with E-state index in [9.17, 15) is 4.79 Å². The molecule has 0 spiro atoms. The van der Waals surface area contributed by atoms with E-state index in [1.165, 1.54) is 0 Å². The summed E-state index contributed by atoms with van der Waals surface area (Å²) in [7, 11) is 1.84. The highest BCUT2D eigenvalue weighted by Crippen LogP contribution is 2.14. The van der Waals surface area contributed by atoms with Gasteiger partial charge in [-0.3, -0.25) is 4.79 Å². The van der Waals surface area contributed by atoms with E-state index in [1.807, 2.05) is 43.6 Å². The third-order valence-electron chi connectivity index (χ3n) is 2.86. The van der Waals surface area contributed by atoms with E-state index < -0.39 is 0 Å². The van der Waals surface area contributed by atoms with Gasteiger partial charge < -0.3 is 15.4 Å². The summed E-state index contributed by atoms with van der Waals surface area (Å²) in [5, 5.41) is 8.68. The van der Waals surface area contributed by atoms with E-state index in [2.05, 4.69) is 15.6 Å². The van der Waals surface area contributed by atoms with Crippen molar-refractivity contribution in [2.24, 2.45) is 0 Å². The summed E-state index contributed by atoms with van der Waals surface area (Å²) < 4.78 is 5.41.